The van der Waals surface area contributed by atoms with Crippen LogP contribution in [0.2, 0.25) is 0 Å². The Morgan fingerprint density at radius 3 is 2.52 bits per heavy atom. The van der Waals surface area contributed by atoms with Crippen molar-refractivity contribution in [1.82, 2.24) is 9.97 Å². The number of anilines is 1. The Bertz CT molecular complexity index is 658. The Labute approximate surface area is 123 Å². The van der Waals surface area contributed by atoms with Crippen LogP contribution in [0.5, 0.6) is 11.6 Å². The molecule has 21 heavy (non-hydrogen) atoms. The molecule has 1 aromatic heterocycles. The summed E-state index contributed by atoms with van der Waals surface area (Å²) in [5, 5.41) is 0. The normalized spacial score (nSPS) is 10.8. The summed E-state index contributed by atoms with van der Waals surface area (Å²) in [5.41, 5.74) is 3.76. The maximum absolute atomic E-state index is 13.3. The number of nitrogens with two attached hydrogens (primary N) is 1. The number of hydrogen-bond acceptors (Lipinski definition) is 5. The number of hydrogen-bond donors (Lipinski definition) is 2. The lowest BCUT2D eigenvalue weighted by Crippen LogP contribution is -2.13. The van der Waals surface area contributed by atoms with Crippen molar-refractivity contribution in [2.75, 3.05) is 5.43 Å². The molecule has 3 N–H and O–H groups in total. The molecule has 1 aromatic carbocycles. The Morgan fingerprint density at radius 1 is 1.24 bits per heavy atom. The molecule has 2 rings (SSSR count). The SMILES string of the molecule is Cc1cc(Oc2nc(C(C)C)nc(NN)c2C)ccc1F. The molecule has 0 aliphatic rings. The van der Waals surface area contributed by atoms with Crippen molar-refractivity contribution in [3.05, 3.63) is 41.0 Å². The molecule has 0 saturated heterocycles. The van der Waals surface area contributed by atoms with Crippen LogP contribution in [-0.4, -0.2) is 9.97 Å². The maximum Gasteiger partial charge on any atom is 0.227 e. The third-order valence-electron chi connectivity index (χ3n) is 3.12. The fourth-order valence-corrected chi connectivity index (χ4v) is 1.80. The van der Waals surface area contributed by atoms with Gasteiger partial charge in [-0.05, 0) is 37.6 Å². The maximum atomic E-state index is 13.3. The lowest BCUT2D eigenvalue weighted by atomic mass is 10.2. The van der Waals surface area contributed by atoms with Crippen molar-refractivity contribution in [2.24, 2.45) is 5.84 Å². The molecule has 0 aliphatic heterocycles. The van der Waals surface area contributed by atoms with E-state index in [1.165, 1.54) is 6.07 Å². The first-order valence-corrected chi connectivity index (χ1v) is 6.71. The largest absolute Gasteiger partial charge is 0.439 e. The number of aromatic nitrogens is 2. The summed E-state index contributed by atoms with van der Waals surface area (Å²) in [6.45, 7) is 7.46. The summed E-state index contributed by atoms with van der Waals surface area (Å²) < 4.78 is 19.1. The second-order valence-corrected chi connectivity index (χ2v) is 5.17. The summed E-state index contributed by atoms with van der Waals surface area (Å²) in [6.07, 6.45) is 0. The van der Waals surface area contributed by atoms with E-state index < -0.39 is 0 Å². The number of rotatable bonds is 4. The van der Waals surface area contributed by atoms with Crippen LogP contribution >= 0.6 is 0 Å². The van der Waals surface area contributed by atoms with E-state index >= 15 is 0 Å². The van der Waals surface area contributed by atoms with Crippen molar-refractivity contribution in [1.29, 1.82) is 0 Å². The second-order valence-electron chi connectivity index (χ2n) is 5.17. The number of halogens is 1. The number of aryl methyl sites for hydroxylation is 1. The van der Waals surface area contributed by atoms with E-state index in [-0.39, 0.29) is 11.7 Å². The third kappa shape index (κ3) is 3.28. The molecule has 0 radical (unpaired) electrons. The number of nitrogen functional groups attached to an aromatic ring is 1. The number of ether oxygens (including phenoxy) is 1. The van der Waals surface area contributed by atoms with Gasteiger partial charge in [-0.1, -0.05) is 13.8 Å². The fraction of sp³-hybridized carbons (Fsp3) is 0.333. The zero-order valence-electron chi connectivity index (χ0n) is 12.6. The van der Waals surface area contributed by atoms with Crippen LogP contribution in [0.25, 0.3) is 0 Å². The summed E-state index contributed by atoms with van der Waals surface area (Å²) in [6, 6.07) is 4.56. The molecule has 0 aliphatic carbocycles. The molecule has 0 saturated carbocycles. The van der Waals surface area contributed by atoms with E-state index in [0.29, 0.717) is 34.4 Å². The smallest absolute Gasteiger partial charge is 0.227 e. The molecule has 1 heterocycles. The summed E-state index contributed by atoms with van der Waals surface area (Å²) in [4.78, 5) is 8.74. The molecule has 0 unspecified atom stereocenters. The average molecular weight is 290 g/mol. The minimum atomic E-state index is -0.269. The lowest BCUT2D eigenvalue weighted by Gasteiger charge is -2.14. The molecular formula is C15H19FN4O. The van der Waals surface area contributed by atoms with Gasteiger partial charge in [0.05, 0.1) is 5.56 Å². The van der Waals surface area contributed by atoms with Gasteiger partial charge in [-0.2, -0.15) is 4.98 Å². The van der Waals surface area contributed by atoms with Gasteiger partial charge in [-0.3, -0.25) is 0 Å². The quantitative estimate of drug-likeness (QED) is 0.666. The molecule has 0 fully saturated rings. The van der Waals surface area contributed by atoms with Gasteiger partial charge in [0, 0.05) is 5.92 Å². The molecule has 5 nitrogen and oxygen atoms in total. The zero-order chi connectivity index (χ0) is 15.6. The van der Waals surface area contributed by atoms with Gasteiger partial charge in [0.2, 0.25) is 5.88 Å². The van der Waals surface area contributed by atoms with Crippen LogP contribution in [0, 0.1) is 19.7 Å². The van der Waals surface area contributed by atoms with E-state index in [4.69, 9.17) is 10.6 Å². The topological polar surface area (TPSA) is 73.1 Å². The van der Waals surface area contributed by atoms with Gasteiger partial charge in [0.15, 0.2) is 5.82 Å². The zero-order valence-corrected chi connectivity index (χ0v) is 12.6. The number of nitrogens with one attached hydrogen (secondary N) is 1. The number of nitrogens with zero attached hydrogens (tertiary/aromatic N) is 2. The van der Waals surface area contributed by atoms with E-state index in [0.717, 1.165) is 0 Å². The second kappa shape index (κ2) is 6.05. The highest BCUT2D eigenvalue weighted by molar-refractivity contribution is 5.49. The van der Waals surface area contributed by atoms with Crippen LogP contribution in [0.3, 0.4) is 0 Å². The Hall–Kier alpha value is -2.21. The van der Waals surface area contributed by atoms with E-state index in [1.807, 2.05) is 20.8 Å². The van der Waals surface area contributed by atoms with Crippen LogP contribution in [0.15, 0.2) is 18.2 Å². The predicted molar refractivity (Wildman–Crippen MR) is 79.9 cm³/mol. The fourth-order valence-electron chi connectivity index (χ4n) is 1.80. The molecule has 2 aromatic rings. The van der Waals surface area contributed by atoms with E-state index in [9.17, 15) is 4.39 Å². The van der Waals surface area contributed by atoms with Crippen molar-refractivity contribution < 1.29 is 9.13 Å². The van der Waals surface area contributed by atoms with Crippen molar-refractivity contribution in [3.63, 3.8) is 0 Å². The predicted octanol–water partition coefficient (Wildman–Crippen LogP) is 3.43. The van der Waals surface area contributed by atoms with Crippen molar-refractivity contribution in [3.8, 4) is 11.6 Å². The Morgan fingerprint density at radius 2 is 1.95 bits per heavy atom. The minimum Gasteiger partial charge on any atom is -0.439 e. The minimum absolute atomic E-state index is 0.134. The first kappa shape index (κ1) is 15.2. The highest BCUT2D eigenvalue weighted by Crippen LogP contribution is 2.29. The van der Waals surface area contributed by atoms with E-state index in [1.54, 1.807) is 19.1 Å². The summed E-state index contributed by atoms with van der Waals surface area (Å²) >= 11 is 0. The molecule has 0 amide bonds. The Balaban J connectivity index is 2.42. The molecule has 0 spiro atoms. The molecule has 0 bridgehead atoms. The molecular weight excluding hydrogens is 271 g/mol. The van der Waals surface area contributed by atoms with Gasteiger partial charge < -0.3 is 10.2 Å². The highest BCUT2D eigenvalue weighted by atomic mass is 19.1. The average Bonchev–Trinajstić information content (AvgIpc) is 2.44. The summed E-state index contributed by atoms with van der Waals surface area (Å²) in [7, 11) is 0. The van der Waals surface area contributed by atoms with Gasteiger partial charge in [0.1, 0.15) is 17.4 Å². The van der Waals surface area contributed by atoms with E-state index in [2.05, 4.69) is 15.4 Å². The van der Waals surface area contributed by atoms with Crippen molar-refractivity contribution >= 4 is 5.82 Å². The van der Waals surface area contributed by atoms with Crippen LogP contribution in [0.1, 0.15) is 36.7 Å². The number of hydrazine groups is 1. The van der Waals surface area contributed by atoms with Crippen LogP contribution in [0.4, 0.5) is 10.2 Å². The third-order valence-corrected chi connectivity index (χ3v) is 3.12. The van der Waals surface area contributed by atoms with Crippen LogP contribution in [-0.2, 0) is 0 Å². The summed E-state index contributed by atoms with van der Waals surface area (Å²) in [5.74, 6) is 7.42. The highest BCUT2D eigenvalue weighted by Gasteiger charge is 2.14. The van der Waals surface area contributed by atoms with Gasteiger partial charge in [-0.15, -0.1) is 0 Å². The lowest BCUT2D eigenvalue weighted by molar-refractivity contribution is 0.451. The molecule has 0 atom stereocenters. The van der Waals surface area contributed by atoms with Crippen molar-refractivity contribution in [2.45, 2.75) is 33.6 Å². The monoisotopic (exact) mass is 290 g/mol. The van der Waals surface area contributed by atoms with Gasteiger partial charge >= 0.3 is 0 Å². The first-order valence-electron chi connectivity index (χ1n) is 6.71. The molecule has 112 valence electrons. The van der Waals surface area contributed by atoms with Gasteiger partial charge in [0.25, 0.3) is 0 Å². The van der Waals surface area contributed by atoms with Crippen LogP contribution < -0.4 is 16.0 Å². The Kier molecular flexibility index (Phi) is 4.37. The molecule has 6 heteroatoms. The standard InChI is InChI=1S/C15H19FN4O/c1-8(2)13-18-14(20-17)10(4)15(19-13)21-11-5-6-12(16)9(3)7-11/h5-8H,17H2,1-4H3,(H,18,19,20). The number of benzene rings is 1. The first-order chi connectivity index (χ1) is 9.92. The van der Waals surface area contributed by atoms with Gasteiger partial charge in [-0.25, -0.2) is 15.2 Å².